The largest absolute Gasteiger partial charge is 0.324 e. The number of hydrogen-bond donors (Lipinski definition) is 1. The van der Waals surface area contributed by atoms with Gasteiger partial charge < -0.3 is 9.88 Å². The minimum absolute atomic E-state index is 0.582. The summed E-state index contributed by atoms with van der Waals surface area (Å²) in [5.74, 6) is 2.91. The van der Waals surface area contributed by atoms with Crippen LogP contribution in [0.4, 0.5) is 0 Å². The zero-order valence-corrected chi connectivity index (χ0v) is 18.4. The second-order valence-corrected chi connectivity index (χ2v) is 10.6. The predicted molar refractivity (Wildman–Crippen MR) is 123 cm³/mol. The Kier molecular flexibility index (Phi) is 5.32. The van der Waals surface area contributed by atoms with E-state index in [1.165, 1.54) is 94.0 Å². The monoisotopic (exact) mass is 406 g/mol. The van der Waals surface area contributed by atoms with Gasteiger partial charge in [0.05, 0.1) is 11.0 Å². The summed E-state index contributed by atoms with van der Waals surface area (Å²) in [5.41, 5.74) is 2.58. The van der Waals surface area contributed by atoms with Crippen molar-refractivity contribution in [2.75, 3.05) is 19.6 Å². The molecule has 1 aliphatic carbocycles. The highest BCUT2D eigenvalue weighted by molar-refractivity contribution is 5.76. The molecule has 2 bridgehead atoms. The Morgan fingerprint density at radius 2 is 1.63 bits per heavy atom. The van der Waals surface area contributed by atoms with Crippen LogP contribution < -0.4 is 5.32 Å². The van der Waals surface area contributed by atoms with E-state index in [1.807, 2.05) is 0 Å². The van der Waals surface area contributed by atoms with Gasteiger partial charge >= 0.3 is 0 Å². The van der Waals surface area contributed by atoms with Crippen molar-refractivity contribution in [1.82, 2.24) is 19.8 Å². The van der Waals surface area contributed by atoms with Crippen molar-refractivity contribution >= 4 is 11.0 Å². The molecule has 30 heavy (non-hydrogen) atoms. The van der Waals surface area contributed by atoms with Crippen LogP contribution in [0.15, 0.2) is 24.3 Å². The van der Waals surface area contributed by atoms with Crippen LogP contribution in [0.3, 0.4) is 0 Å². The number of hydrogen-bond acceptors (Lipinski definition) is 3. The molecule has 162 valence electrons. The van der Waals surface area contributed by atoms with E-state index in [1.54, 1.807) is 0 Å². The van der Waals surface area contributed by atoms with Crippen LogP contribution in [-0.4, -0.2) is 46.2 Å². The predicted octanol–water partition coefficient (Wildman–Crippen LogP) is 5.25. The van der Waals surface area contributed by atoms with Crippen molar-refractivity contribution in [2.45, 2.75) is 94.7 Å². The maximum atomic E-state index is 5.17. The van der Waals surface area contributed by atoms with Crippen LogP contribution in [0.2, 0.25) is 0 Å². The molecule has 4 heterocycles. The maximum absolute atomic E-state index is 5.17. The second-order valence-electron chi connectivity index (χ2n) is 10.6. The number of benzene rings is 1. The molecule has 0 spiro atoms. The van der Waals surface area contributed by atoms with Crippen LogP contribution in [0, 0.1) is 5.92 Å². The van der Waals surface area contributed by atoms with E-state index in [2.05, 4.69) is 39.0 Å². The van der Waals surface area contributed by atoms with Gasteiger partial charge in [-0.1, -0.05) is 37.8 Å². The van der Waals surface area contributed by atoms with Crippen LogP contribution in [0.5, 0.6) is 0 Å². The Morgan fingerprint density at radius 1 is 0.867 bits per heavy atom. The topological polar surface area (TPSA) is 33.1 Å². The fourth-order valence-corrected chi connectivity index (χ4v) is 7.21. The standard InChI is InChI=1S/C26H38N4/c1-2-4-8-19(7-3-1)18-29-21-11-12-22(29)16-23(15-21)30-25-10-6-5-9-24(25)28-26(30)20-13-14-27-17-20/h5-6,9-10,19-23,27H,1-4,7-8,11-18H2/t20-,21?,22?,23?/m1/s1. The molecule has 3 atom stereocenters. The summed E-state index contributed by atoms with van der Waals surface area (Å²) in [5, 5.41) is 3.57. The van der Waals surface area contributed by atoms with E-state index in [4.69, 9.17) is 4.98 Å². The molecule has 2 aromatic rings. The molecule has 4 fully saturated rings. The summed E-state index contributed by atoms with van der Waals surface area (Å²) in [4.78, 5) is 8.13. The summed E-state index contributed by atoms with van der Waals surface area (Å²) >= 11 is 0. The molecule has 2 unspecified atom stereocenters. The van der Waals surface area contributed by atoms with Crippen molar-refractivity contribution in [1.29, 1.82) is 0 Å². The highest BCUT2D eigenvalue weighted by atomic mass is 15.2. The lowest BCUT2D eigenvalue weighted by atomic mass is 9.92. The average Bonchev–Trinajstić information content (AvgIpc) is 3.41. The van der Waals surface area contributed by atoms with Crippen molar-refractivity contribution in [3.05, 3.63) is 30.1 Å². The van der Waals surface area contributed by atoms with E-state index < -0.39 is 0 Å². The summed E-state index contributed by atoms with van der Waals surface area (Å²) in [6.45, 7) is 3.61. The Labute approximate surface area is 181 Å². The molecule has 4 nitrogen and oxygen atoms in total. The van der Waals surface area contributed by atoms with Gasteiger partial charge in [-0.15, -0.1) is 0 Å². The van der Waals surface area contributed by atoms with Gasteiger partial charge in [0.1, 0.15) is 5.82 Å². The molecule has 6 rings (SSSR count). The van der Waals surface area contributed by atoms with E-state index in [0.29, 0.717) is 12.0 Å². The van der Waals surface area contributed by atoms with Gasteiger partial charge in [-0.05, 0) is 69.5 Å². The minimum atomic E-state index is 0.582. The Bertz CT molecular complexity index is 845. The number of imidazole rings is 1. The normalized spacial score (nSPS) is 33.3. The summed E-state index contributed by atoms with van der Waals surface area (Å²) < 4.78 is 2.70. The van der Waals surface area contributed by atoms with Crippen LogP contribution in [0.1, 0.15) is 88.4 Å². The summed E-state index contributed by atoms with van der Waals surface area (Å²) in [6, 6.07) is 11.1. The van der Waals surface area contributed by atoms with Gasteiger partial charge in [0.2, 0.25) is 0 Å². The Hall–Kier alpha value is -1.39. The van der Waals surface area contributed by atoms with Gasteiger partial charge in [0.25, 0.3) is 0 Å². The van der Waals surface area contributed by atoms with Crippen molar-refractivity contribution in [3.8, 4) is 0 Å². The molecule has 0 amide bonds. The number of fused-ring (bicyclic) bond motifs is 3. The van der Waals surface area contributed by atoms with Crippen molar-refractivity contribution < 1.29 is 0 Å². The molecule has 1 N–H and O–H groups in total. The number of piperidine rings is 1. The Balaban J connectivity index is 1.26. The zero-order valence-electron chi connectivity index (χ0n) is 18.4. The van der Waals surface area contributed by atoms with Crippen molar-refractivity contribution in [2.24, 2.45) is 5.92 Å². The molecule has 0 radical (unpaired) electrons. The number of nitrogens with one attached hydrogen (secondary N) is 1. The third-order valence-corrected chi connectivity index (χ3v) is 8.72. The van der Waals surface area contributed by atoms with Gasteiger partial charge in [-0.2, -0.15) is 0 Å². The van der Waals surface area contributed by atoms with Crippen molar-refractivity contribution in [3.63, 3.8) is 0 Å². The molecule has 4 aliphatic rings. The van der Waals surface area contributed by atoms with E-state index in [9.17, 15) is 0 Å². The first-order chi connectivity index (χ1) is 14.9. The molecule has 4 heteroatoms. The second kappa shape index (κ2) is 8.27. The smallest absolute Gasteiger partial charge is 0.114 e. The van der Waals surface area contributed by atoms with E-state index in [0.717, 1.165) is 31.1 Å². The average molecular weight is 407 g/mol. The fourth-order valence-electron chi connectivity index (χ4n) is 7.21. The van der Waals surface area contributed by atoms with Crippen LogP contribution in [-0.2, 0) is 0 Å². The number of nitrogens with zero attached hydrogens (tertiary/aromatic N) is 3. The molecule has 1 saturated carbocycles. The lowest BCUT2D eigenvalue weighted by Crippen LogP contribution is -2.45. The fraction of sp³-hybridized carbons (Fsp3) is 0.731. The van der Waals surface area contributed by atoms with Crippen LogP contribution in [0.25, 0.3) is 11.0 Å². The summed E-state index contributed by atoms with van der Waals surface area (Å²) in [6.07, 6.45) is 15.6. The van der Waals surface area contributed by atoms with Gasteiger partial charge in [-0.25, -0.2) is 4.98 Å². The quantitative estimate of drug-likeness (QED) is 0.704. The Morgan fingerprint density at radius 3 is 2.37 bits per heavy atom. The molecule has 3 aliphatic heterocycles. The number of rotatable bonds is 4. The lowest BCUT2D eigenvalue weighted by molar-refractivity contribution is 0.0855. The van der Waals surface area contributed by atoms with Crippen LogP contribution >= 0.6 is 0 Å². The third kappa shape index (κ3) is 3.50. The first kappa shape index (κ1) is 19.3. The molecular weight excluding hydrogens is 368 g/mol. The minimum Gasteiger partial charge on any atom is -0.324 e. The SMILES string of the molecule is c1ccc2c(c1)nc([C@@H]1CCNC1)n2C1CC2CCC(C1)N2CC1CCCCCC1. The number of para-hydroxylation sites is 2. The van der Waals surface area contributed by atoms with E-state index >= 15 is 0 Å². The zero-order chi connectivity index (χ0) is 19.9. The highest BCUT2D eigenvalue weighted by Crippen LogP contribution is 2.44. The summed E-state index contributed by atoms with van der Waals surface area (Å²) in [7, 11) is 0. The lowest BCUT2D eigenvalue weighted by Gasteiger charge is -2.41. The first-order valence-corrected chi connectivity index (χ1v) is 12.8. The van der Waals surface area contributed by atoms with E-state index in [-0.39, 0.29) is 0 Å². The maximum Gasteiger partial charge on any atom is 0.114 e. The first-order valence-electron chi connectivity index (χ1n) is 12.8. The number of aromatic nitrogens is 2. The molecular formula is C26H38N4. The molecule has 1 aromatic carbocycles. The van der Waals surface area contributed by atoms with Gasteiger partial charge in [-0.3, -0.25) is 4.90 Å². The van der Waals surface area contributed by atoms with Gasteiger partial charge in [0, 0.05) is 37.1 Å². The molecule has 1 aromatic heterocycles. The molecule has 3 saturated heterocycles. The highest BCUT2D eigenvalue weighted by Gasteiger charge is 2.43. The van der Waals surface area contributed by atoms with Gasteiger partial charge in [0.15, 0.2) is 0 Å². The third-order valence-electron chi connectivity index (χ3n) is 8.72.